The zero-order valence-electron chi connectivity index (χ0n) is 23.7. The van der Waals surface area contributed by atoms with Crippen molar-refractivity contribution in [2.24, 2.45) is 28.1 Å². The highest BCUT2D eigenvalue weighted by Crippen LogP contribution is 2.13. The van der Waals surface area contributed by atoms with Gasteiger partial charge in [0.1, 0.15) is 23.9 Å². The van der Waals surface area contributed by atoms with Crippen LogP contribution in [0.5, 0.6) is 5.75 Å². The number of aliphatic imine (C=N–C) groups is 1. The summed E-state index contributed by atoms with van der Waals surface area (Å²) in [5.74, 6) is -3.21. The number of phenols is 1. The van der Waals surface area contributed by atoms with Gasteiger partial charge in [0.15, 0.2) is 5.96 Å². The van der Waals surface area contributed by atoms with E-state index in [1.54, 1.807) is 12.1 Å². The predicted molar refractivity (Wildman–Crippen MR) is 155 cm³/mol. The van der Waals surface area contributed by atoms with Gasteiger partial charge in [-0.2, -0.15) is 0 Å². The van der Waals surface area contributed by atoms with Gasteiger partial charge in [0, 0.05) is 31.3 Å². The van der Waals surface area contributed by atoms with E-state index in [2.05, 4.69) is 30.9 Å². The lowest BCUT2D eigenvalue weighted by Gasteiger charge is -2.25. The maximum atomic E-state index is 13.6. The Morgan fingerprint density at radius 3 is 2.10 bits per heavy atom. The molecule has 0 radical (unpaired) electrons. The summed E-state index contributed by atoms with van der Waals surface area (Å²) in [5, 5.41) is 27.1. The number of guanidine groups is 1. The summed E-state index contributed by atoms with van der Waals surface area (Å²) in [6, 6.07) is 1.62. The second kappa shape index (κ2) is 16.6. The Bertz CT molecular complexity index is 1200. The molecule has 15 heteroatoms. The number of nitrogens with one attached hydrogen (secondary N) is 4. The highest BCUT2D eigenvalue weighted by Gasteiger charge is 2.31. The Hall–Kier alpha value is -4.66. The summed E-state index contributed by atoms with van der Waals surface area (Å²) < 4.78 is 0. The maximum Gasteiger partial charge on any atom is 0.326 e. The summed E-state index contributed by atoms with van der Waals surface area (Å²) in [4.78, 5) is 62.2. The fraction of sp³-hybridized carbons (Fsp3) is 0.481. The van der Waals surface area contributed by atoms with Crippen LogP contribution in [0.1, 0.15) is 44.4 Å². The van der Waals surface area contributed by atoms with Gasteiger partial charge in [-0.25, -0.2) is 9.78 Å². The molecular formula is C27H41N9O6. The SMILES string of the molecule is CC(C)CC(N)C(=O)NC(Cc1ccc(O)cc1)C(=O)NC(Cc1cnc[nH]1)C(=O)NC(CCCN=C(N)N)C(=O)O. The number of carboxylic acid groups (broad SMARTS) is 1. The molecule has 0 bridgehead atoms. The van der Waals surface area contributed by atoms with Gasteiger partial charge in [-0.1, -0.05) is 26.0 Å². The summed E-state index contributed by atoms with van der Waals surface area (Å²) in [7, 11) is 0. The number of hydrogen-bond acceptors (Lipinski definition) is 8. The van der Waals surface area contributed by atoms with Crippen LogP contribution in [0.15, 0.2) is 41.8 Å². The number of imidazole rings is 1. The number of aromatic amines is 1. The molecule has 0 saturated heterocycles. The van der Waals surface area contributed by atoms with E-state index in [1.807, 2.05) is 13.8 Å². The molecule has 0 aliphatic heterocycles. The summed E-state index contributed by atoms with van der Waals surface area (Å²) >= 11 is 0. The smallest absolute Gasteiger partial charge is 0.326 e. The highest BCUT2D eigenvalue weighted by molar-refractivity contribution is 5.94. The molecular weight excluding hydrogens is 546 g/mol. The fourth-order valence-corrected chi connectivity index (χ4v) is 4.10. The van der Waals surface area contributed by atoms with E-state index < -0.39 is 47.9 Å². The van der Waals surface area contributed by atoms with Crippen LogP contribution in [-0.4, -0.2) is 80.5 Å². The minimum absolute atomic E-state index is 0.0327. The molecule has 0 spiro atoms. The van der Waals surface area contributed by atoms with Gasteiger partial charge >= 0.3 is 5.97 Å². The third-order valence-electron chi connectivity index (χ3n) is 6.24. The molecule has 1 aromatic carbocycles. The van der Waals surface area contributed by atoms with E-state index in [4.69, 9.17) is 17.2 Å². The average Bonchev–Trinajstić information content (AvgIpc) is 3.43. The first-order chi connectivity index (χ1) is 19.8. The molecule has 4 atom stereocenters. The van der Waals surface area contributed by atoms with Crippen LogP contribution in [-0.2, 0) is 32.0 Å². The van der Waals surface area contributed by atoms with Crippen LogP contribution < -0.4 is 33.2 Å². The van der Waals surface area contributed by atoms with Gasteiger partial charge in [-0.05, 0) is 42.9 Å². The number of carboxylic acids is 1. The fourth-order valence-electron chi connectivity index (χ4n) is 4.10. The maximum absolute atomic E-state index is 13.6. The number of hydrogen-bond donors (Lipinski definition) is 9. The lowest BCUT2D eigenvalue weighted by Crippen LogP contribution is -2.58. The van der Waals surface area contributed by atoms with Crippen LogP contribution in [0.4, 0.5) is 0 Å². The molecule has 0 aliphatic rings. The normalized spacial score (nSPS) is 13.8. The summed E-state index contributed by atoms with van der Waals surface area (Å²) in [6.07, 6.45) is 3.58. The molecule has 230 valence electrons. The van der Waals surface area contributed by atoms with Crippen molar-refractivity contribution >= 4 is 29.7 Å². The average molecular weight is 588 g/mol. The number of nitrogens with zero attached hydrogens (tertiary/aromatic N) is 2. The number of aliphatic carboxylic acids is 1. The number of carbonyl (C=O) groups is 4. The molecule has 0 fully saturated rings. The lowest BCUT2D eigenvalue weighted by molar-refractivity contribution is -0.142. The number of benzene rings is 1. The molecule has 1 aromatic heterocycles. The number of phenolic OH excluding ortho intramolecular Hbond substituents is 1. The third-order valence-corrected chi connectivity index (χ3v) is 6.24. The van der Waals surface area contributed by atoms with Crippen LogP contribution >= 0.6 is 0 Å². The van der Waals surface area contributed by atoms with Crippen LogP contribution in [0.2, 0.25) is 0 Å². The van der Waals surface area contributed by atoms with Crippen molar-refractivity contribution in [2.75, 3.05) is 6.54 Å². The standard InChI is InChI=1S/C27H41N9O6/c1-15(2)10-19(28)23(38)35-21(11-16-5-7-18(37)8-6-16)24(39)36-22(12-17-13-31-14-33-17)25(40)34-20(26(41)42)4-3-9-32-27(29)30/h5-8,13-15,19-22,37H,3-4,9-12,28H2,1-2H3,(H,31,33)(H,34,40)(H,35,38)(H,36,39)(H,41,42)(H4,29,30,32). The molecule has 1 heterocycles. The Morgan fingerprint density at radius 1 is 0.952 bits per heavy atom. The van der Waals surface area contributed by atoms with Crippen molar-refractivity contribution in [3.8, 4) is 5.75 Å². The zero-order valence-corrected chi connectivity index (χ0v) is 23.7. The number of amides is 3. The minimum atomic E-state index is -1.27. The number of nitrogens with two attached hydrogens (primary N) is 3. The molecule has 12 N–H and O–H groups in total. The highest BCUT2D eigenvalue weighted by atomic mass is 16.4. The topological polar surface area (TPSA) is 264 Å². The number of aromatic hydroxyl groups is 1. The molecule has 3 amide bonds. The van der Waals surface area contributed by atoms with Crippen molar-refractivity contribution in [3.05, 3.63) is 48.0 Å². The van der Waals surface area contributed by atoms with Crippen LogP contribution in [0.25, 0.3) is 0 Å². The molecule has 2 aromatic rings. The monoisotopic (exact) mass is 587 g/mol. The van der Waals surface area contributed by atoms with E-state index in [-0.39, 0.29) is 49.9 Å². The van der Waals surface area contributed by atoms with Crippen LogP contribution in [0, 0.1) is 5.92 Å². The Labute approximate surface area is 243 Å². The van der Waals surface area contributed by atoms with Crippen molar-refractivity contribution in [3.63, 3.8) is 0 Å². The lowest BCUT2D eigenvalue weighted by atomic mass is 10.0. The molecule has 0 aliphatic carbocycles. The van der Waals surface area contributed by atoms with E-state index in [1.165, 1.54) is 24.7 Å². The van der Waals surface area contributed by atoms with Gasteiger partial charge in [0.05, 0.1) is 12.4 Å². The largest absolute Gasteiger partial charge is 0.508 e. The molecule has 2 rings (SSSR count). The predicted octanol–water partition coefficient (Wildman–Crippen LogP) is -1.13. The first kappa shape index (κ1) is 33.5. The summed E-state index contributed by atoms with van der Waals surface area (Å²) in [5.41, 5.74) is 17.8. The van der Waals surface area contributed by atoms with Crippen molar-refractivity contribution in [1.82, 2.24) is 25.9 Å². The van der Waals surface area contributed by atoms with Gasteiger partial charge in [-0.15, -0.1) is 0 Å². The third kappa shape index (κ3) is 11.8. The zero-order chi connectivity index (χ0) is 31.2. The quantitative estimate of drug-likeness (QED) is 0.0610. The Morgan fingerprint density at radius 2 is 1.55 bits per heavy atom. The first-order valence-corrected chi connectivity index (χ1v) is 13.6. The molecule has 0 saturated carbocycles. The number of carbonyl (C=O) groups excluding carboxylic acids is 3. The van der Waals surface area contributed by atoms with E-state index in [9.17, 15) is 29.4 Å². The van der Waals surface area contributed by atoms with Crippen molar-refractivity contribution < 1.29 is 29.4 Å². The summed E-state index contributed by atoms with van der Waals surface area (Å²) in [6.45, 7) is 4.00. The van der Waals surface area contributed by atoms with E-state index >= 15 is 0 Å². The van der Waals surface area contributed by atoms with E-state index in [0.29, 0.717) is 17.7 Å². The van der Waals surface area contributed by atoms with Gasteiger partial charge in [0.2, 0.25) is 17.7 Å². The first-order valence-electron chi connectivity index (χ1n) is 13.6. The Kier molecular flexibility index (Phi) is 13.2. The molecule has 42 heavy (non-hydrogen) atoms. The number of rotatable bonds is 17. The number of H-pyrrole nitrogens is 1. The van der Waals surface area contributed by atoms with Gasteiger partial charge < -0.3 is 48.3 Å². The minimum Gasteiger partial charge on any atom is -0.508 e. The van der Waals surface area contributed by atoms with Gasteiger partial charge in [-0.3, -0.25) is 19.4 Å². The second-order valence-corrected chi connectivity index (χ2v) is 10.4. The van der Waals surface area contributed by atoms with Gasteiger partial charge in [0.25, 0.3) is 0 Å². The number of aromatic nitrogens is 2. The molecule has 15 nitrogen and oxygen atoms in total. The Balaban J connectivity index is 2.25. The second-order valence-electron chi connectivity index (χ2n) is 10.4. The van der Waals surface area contributed by atoms with Crippen molar-refractivity contribution in [2.45, 2.75) is 70.1 Å². The van der Waals surface area contributed by atoms with Crippen LogP contribution in [0.3, 0.4) is 0 Å². The molecule has 4 unspecified atom stereocenters. The van der Waals surface area contributed by atoms with E-state index in [0.717, 1.165) is 0 Å². The van der Waals surface area contributed by atoms with Crippen molar-refractivity contribution in [1.29, 1.82) is 0 Å².